The van der Waals surface area contributed by atoms with Crippen LogP contribution in [0.3, 0.4) is 0 Å². The fourth-order valence-corrected chi connectivity index (χ4v) is 2.29. The minimum Gasteiger partial charge on any atom is -0.496 e. The lowest BCUT2D eigenvalue weighted by Gasteiger charge is -2.10. The summed E-state index contributed by atoms with van der Waals surface area (Å²) >= 11 is 0. The first-order chi connectivity index (χ1) is 10.7. The molecule has 0 aliphatic carbocycles. The minimum absolute atomic E-state index is 0.204. The second kappa shape index (κ2) is 5.73. The molecule has 0 aliphatic heterocycles. The molecule has 0 saturated heterocycles. The van der Waals surface area contributed by atoms with Crippen molar-refractivity contribution in [1.29, 1.82) is 0 Å². The Morgan fingerprint density at radius 1 is 1.18 bits per heavy atom. The van der Waals surface area contributed by atoms with E-state index < -0.39 is 5.97 Å². The van der Waals surface area contributed by atoms with E-state index in [0.29, 0.717) is 5.75 Å². The van der Waals surface area contributed by atoms with Gasteiger partial charge < -0.3 is 14.4 Å². The summed E-state index contributed by atoms with van der Waals surface area (Å²) in [7, 11) is 1.53. The van der Waals surface area contributed by atoms with E-state index in [1.165, 1.54) is 13.2 Å². The van der Waals surface area contributed by atoms with Gasteiger partial charge in [0.1, 0.15) is 5.75 Å². The van der Waals surface area contributed by atoms with Gasteiger partial charge in [-0.1, -0.05) is 12.1 Å². The summed E-state index contributed by atoms with van der Waals surface area (Å²) in [5.74, 6) is -0.435. The molecule has 0 spiro atoms. The quantitative estimate of drug-likeness (QED) is 0.802. The van der Waals surface area contributed by atoms with Gasteiger partial charge in [0, 0.05) is 23.6 Å². The number of rotatable bonds is 4. The smallest absolute Gasteiger partial charge is 0.335 e. The number of hydrogen-bond donors (Lipinski definition) is 1. The van der Waals surface area contributed by atoms with E-state index in [1.54, 1.807) is 24.7 Å². The predicted octanol–water partition coefficient (Wildman–Crippen LogP) is 3.25. The van der Waals surface area contributed by atoms with Gasteiger partial charge in [0.05, 0.1) is 19.0 Å². The van der Waals surface area contributed by atoms with Crippen LogP contribution in [-0.2, 0) is 0 Å². The third-order valence-corrected chi connectivity index (χ3v) is 3.43. The second-order valence-electron chi connectivity index (χ2n) is 4.74. The van der Waals surface area contributed by atoms with Crippen LogP contribution in [0.1, 0.15) is 10.4 Å². The number of methoxy groups -OCH3 is 1. The van der Waals surface area contributed by atoms with Gasteiger partial charge in [0.25, 0.3) is 0 Å². The van der Waals surface area contributed by atoms with Crippen LogP contribution in [0.5, 0.6) is 5.75 Å². The molecule has 110 valence electrons. The van der Waals surface area contributed by atoms with Gasteiger partial charge in [-0.3, -0.25) is 0 Å². The molecule has 5 nitrogen and oxygen atoms in total. The summed E-state index contributed by atoms with van der Waals surface area (Å²) in [4.78, 5) is 15.0. The highest BCUT2D eigenvalue weighted by Crippen LogP contribution is 2.31. The number of aromatic nitrogens is 2. The van der Waals surface area contributed by atoms with Crippen LogP contribution in [0.2, 0.25) is 0 Å². The van der Waals surface area contributed by atoms with Crippen molar-refractivity contribution in [2.45, 2.75) is 0 Å². The van der Waals surface area contributed by atoms with Crippen LogP contribution >= 0.6 is 0 Å². The normalized spacial score (nSPS) is 10.4. The molecular formula is C17H14N2O3. The maximum atomic E-state index is 11.0. The van der Waals surface area contributed by atoms with Crippen LogP contribution in [0, 0.1) is 0 Å². The molecule has 3 rings (SSSR count). The van der Waals surface area contributed by atoms with Gasteiger partial charge in [0.15, 0.2) is 0 Å². The fourth-order valence-electron chi connectivity index (χ4n) is 2.29. The molecule has 1 heterocycles. The molecule has 0 aliphatic rings. The molecule has 2 aromatic carbocycles. The maximum absolute atomic E-state index is 11.0. The lowest BCUT2D eigenvalue weighted by Crippen LogP contribution is -1.98. The number of carboxylic acids is 1. The number of imidazole rings is 1. The molecule has 0 atom stereocenters. The number of hydrogen-bond acceptors (Lipinski definition) is 3. The van der Waals surface area contributed by atoms with E-state index in [2.05, 4.69) is 4.98 Å². The third kappa shape index (κ3) is 2.56. The molecule has 0 amide bonds. The van der Waals surface area contributed by atoms with Crippen LogP contribution in [0.25, 0.3) is 16.8 Å². The fraction of sp³-hybridized carbons (Fsp3) is 0.0588. The van der Waals surface area contributed by atoms with Crippen molar-refractivity contribution in [2.24, 2.45) is 0 Å². The predicted molar refractivity (Wildman–Crippen MR) is 82.5 cm³/mol. The maximum Gasteiger partial charge on any atom is 0.335 e. The van der Waals surface area contributed by atoms with Crippen molar-refractivity contribution in [1.82, 2.24) is 9.55 Å². The highest BCUT2D eigenvalue weighted by atomic mass is 16.5. The van der Waals surface area contributed by atoms with Gasteiger partial charge >= 0.3 is 5.97 Å². The van der Waals surface area contributed by atoms with E-state index in [-0.39, 0.29) is 5.56 Å². The summed E-state index contributed by atoms with van der Waals surface area (Å²) in [6, 6.07) is 12.7. The molecular weight excluding hydrogens is 280 g/mol. The zero-order valence-corrected chi connectivity index (χ0v) is 11.9. The van der Waals surface area contributed by atoms with Gasteiger partial charge in [-0.2, -0.15) is 0 Å². The first kappa shape index (κ1) is 13.9. The molecule has 0 unspecified atom stereocenters. The SMILES string of the molecule is COc1cc(C(=O)O)ccc1-c1ccc(-n2ccnc2)cc1. The zero-order valence-electron chi connectivity index (χ0n) is 11.9. The molecule has 1 aromatic heterocycles. The molecule has 22 heavy (non-hydrogen) atoms. The number of carbonyl (C=O) groups is 1. The molecule has 0 saturated carbocycles. The van der Waals surface area contributed by atoms with Gasteiger partial charge in [-0.15, -0.1) is 0 Å². The van der Waals surface area contributed by atoms with Crippen LogP contribution < -0.4 is 4.74 Å². The minimum atomic E-state index is -0.972. The average Bonchev–Trinajstić information content (AvgIpc) is 3.09. The largest absolute Gasteiger partial charge is 0.496 e. The number of carboxylic acid groups (broad SMARTS) is 1. The zero-order chi connectivity index (χ0) is 15.5. The van der Waals surface area contributed by atoms with Crippen molar-refractivity contribution >= 4 is 5.97 Å². The Labute approximate surface area is 127 Å². The van der Waals surface area contributed by atoms with E-state index in [1.807, 2.05) is 35.0 Å². The number of ether oxygens (including phenoxy) is 1. The Kier molecular flexibility index (Phi) is 3.62. The van der Waals surface area contributed by atoms with E-state index in [9.17, 15) is 4.79 Å². The van der Waals surface area contributed by atoms with Crippen molar-refractivity contribution in [3.63, 3.8) is 0 Å². The van der Waals surface area contributed by atoms with Crippen molar-refractivity contribution in [2.75, 3.05) is 7.11 Å². The summed E-state index contributed by atoms with van der Waals surface area (Å²) in [6.07, 6.45) is 5.33. The highest BCUT2D eigenvalue weighted by molar-refractivity contribution is 5.89. The van der Waals surface area contributed by atoms with Crippen molar-refractivity contribution in [3.8, 4) is 22.6 Å². The van der Waals surface area contributed by atoms with Crippen LogP contribution in [0.15, 0.2) is 61.2 Å². The Bertz CT molecular complexity index is 793. The van der Waals surface area contributed by atoms with Crippen molar-refractivity contribution < 1.29 is 14.6 Å². The van der Waals surface area contributed by atoms with Crippen LogP contribution in [0.4, 0.5) is 0 Å². The first-order valence-electron chi connectivity index (χ1n) is 6.69. The lowest BCUT2D eigenvalue weighted by atomic mass is 10.0. The monoisotopic (exact) mass is 294 g/mol. The summed E-state index contributed by atoms with van der Waals surface area (Å²) < 4.78 is 7.23. The highest BCUT2D eigenvalue weighted by Gasteiger charge is 2.10. The molecule has 0 fully saturated rings. The molecule has 0 radical (unpaired) electrons. The standard InChI is InChI=1S/C17H14N2O3/c1-22-16-10-13(17(20)21)4-7-15(16)12-2-5-14(6-3-12)19-9-8-18-11-19/h2-11H,1H3,(H,20,21). The lowest BCUT2D eigenvalue weighted by molar-refractivity contribution is 0.0696. The average molecular weight is 294 g/mol. The number of benzene rings is 2. The number of nitrogens with zero attached hydrogens (tertiary/aromatic N) is 2. The number of aromatic carboxylic acids is 1. The summed E-state index contributed by atoms with van der Waals surface area (Å²) in [6.45, 7) is 0. The Balaban J connectivity index is 1.99. The topological polar surface area (TPSA) is 64.3 Å². The Morgan fingerprint density at radius 2 is 1.95 bits per heavy atom. The van der Waals surface area contributed by atoms with Crippen molar-refractivity contribution in [3.05, 3.63) is 66.7 Å². The second-order valence-corrected chi connectivity index (χ2v) is 4.74. The Hall–Kier alpha value is -3.08. The Morgan fingerprint density at radius 3 is 2.55 bits per heavy atom. The summed E-state index contributed by atoms with van der Waals surface area (Å²) in [5, 5.41) is 9.04. The van der Waals surface area contributed by atoms with Gasteiger partial charge in [0.2, 0.25) is 0 Å². The van der Waals surface area contributed by atoms with Crippen LogP contribution in [-0.4, -0.2) is 27.7 Å². The van der Waals surface area contributed by atoms with Gasteiger partial charge in [-0.05, 0) is 35.9 Å². The molecule has 1 N–H and O–H groups in total. The van der Waals surface area contributed by atoms with Gasteiger partial charge in [-0.25, -0.2) is 9.78 Å². The van der Waals surface area contributed by atoms with E-state index in [4.69, 9.17) is 9.84 Å². The molecule has 5 heteroatoms. The molecule has 3 aromatic rings. The third-order valence-electron chi connectivity index (χ3n) is 3.43. The van der Waals surface area contributed by atoms with E-state index >= 15 is 0 Å². The van der Waals surface area contributed by atoms with E-state index in [0.717, 1.165) is 16.8 Å². The first-order valence-corrected chi connectivity index (χ1v) is 6.69. The summed E-state index contributed by atoms with van der Waals surface area (Å²) in [5.41, 5.74) is 3.01. The molecule has 0 bridgehead atoms.